The molecule has 5 aromatic rings. The third-order valence-electron chi connectivity index (χ3n) is 6.92. The number of carbonyl (C=O) groups is 1. The molecule has 10 heteroatoms. The molecule has 0 radical (unpaired) electrons. The van der Waals surface area contributed by atoms with Crippen molar-refractivity contribution in [2.45, 2.75) is 34.2 Å². The number of ether oxygens (including phenoxy) is 2. The highest BCUT2D eigenvalue weighted by molar-refractivity contribution is 6.10. The van der Waals surface area contributed by atoms with Crippen molar-refractivity contribution in [2.24, 2.45) is 0 Å². The van der Waals surface area contributed by atoms with Crippen LogP contribution in [0.2, 0.25) is 0 Å². The molecular formula is C31H33F3N4O3. The van der Waals surface area contributed by atoms with Gasteiger partial charge in [0.05, 0.1) is 41.7 Å². The normalized spacial score (nSPS) is 11.1. The number of rotatable bonds is 8. The number of halogens is 3. The minimum atomic E-state index is -1.62. The maximum atomic E-state index is 13.9. The molecule has 0 saturated heterocycles. The summed E-state index contributed by atoms with van der Waals surface area (Å²) >= 11 is 0. The largest absolute Gasteiger partial charge is 0.496 e. The first kappa shape index (κ1) is 29.7. The van der Waals surface area contributed by atoms with Gasteiger partial charge in [-0.3, -0.25) is 4.79 Å². The molecule has 0 fully saturated rings. The summed E-state index contributed by atoms with van der Waals surface area (Å²) in [7, 11) is 5.04. The van der Waals surface area contributed by atoms with E-state index in [1.165, 1.54) is 0 Å². The van der Waals surface area contributed by atoms with Gasteiger partial charge >= 0.3 is 0 Å². The summed E-state index contributed by atoms with van der Waals surface area (Å²) in [6.45, 7) is 8.91. The quantitative estimate of drug-likeness (QED) is 0.163. The molecule has 2 aromatic carbocycles. The summed E-state index contributed by atoms with van der Waals surface area (Å²) in [5.74, 6) is -3.69. The number of fused-ring (bicyclic) bond motifs is 2. The lowest BCUT2D eigenvalue weighted by Gasteiger charge is -2.17. The average Bonchev–Trinajstić information content (AvgIpc) is 3.49. The van der Waals surface area contributed by atoms with E-state index >= 15 is 0 Å². The maximum Gasteiger partial charge on any atom is 0.209 e. The number of benzene rings is 2. The molecule has 216 valence electrons. The summed E-state index contributed by atoms with van der Waals surface area (Å²) in [5.41, 5.74) is 5.23. The third-order valence-corrected chi connectivity index (χ3v) is 6.92. The predicted octanol–water partition coefficient (Wildman–Crippen LogP) is 6.94. The van der Waals surface area contributed by atoms with Crippen LogP contribution in [0.5, 0.6) is 5.75 Å². The Morgan fingerprint density at radius 1 is 1.05 bits per heavy atom. The molecule has 3 heterocycles. The van der Waals surface area contributed by atoms with Crippen molar-refractivity contribution < 1.29 is 27.4 Å². The average molecular weight is 567 g/mol. The van der Waals surface area contributed by atoms with Gasteiger partial charge in [0, 0.05) is 44.1 Å². The number of carbonyl (C=O) groups excluding carboxylic acids is 1. The fraction of sp³-hybridized carbons (Fsp3) is 0.290. The highest BCUT2D eigenvalue weighted by Crippen LogP contribution is 2.44. The molecule has 0 aliphatic carbocycles. The van der Waals surface area contributed by atoms with Crippen molar-refractivity contribution in [3.63, 3.8) is 0 Å². The summed E-state index contributed by atoms with van der Waals surface area (Å²) < 4.78 is 56.2. The Labute approximate surface area is 236 Å². The summed E-state index contributed by atoms with van der Waals surface area (Å²) in [5, 5.41) is 3.28. The van der Waals surface area contributed by atoms with E-state index in [9.17, 15) is 18.0 Å². The Morgan fingerprint density at radius 2 is 1.73 bits per heavy atom. The molecule has 0 aliphatic heterocycles. The lowest BCUT2D eigenvalue weighted by molar-refractivity contribution is 0.103. The zero-order chi connectivity index (χ0) is 30.0. The van der Waals surface area contributed by atoms with E-state index in [4.69, 9.17) is 14.5 Å². The van der Waals surface area contributed by atoms with Gasteiger partial charge in [-0.1, -0.05) is 19.9 Å². The van der Waals surface area contributed by atoms with Crippen LogP contribution < -0.4 is 10.1 Å². The van der Waals surface area contributed by atoms with Crippen molar-refractivity contribution in [1.29, 1.82) is 0 Å². The number of imidazole rings is 1. The Balaban J connectivity index is 0.00000189. The number of aryl methyl sites for hydroxylation is 2. The Kier molecular flexibility index (Phi) is 8.72. The number of nitrogens with one attached hydrogen (secondary N) is 1. The molecule has 5 rings (SSSR count). The predicted molar refractivity (Wildman–Crippen MR) is 155 cm³/mol. The van der Waals surface area contributed by atoms with Crippen molar-refractivity contribution in [1.82, 2.24) is 14.0 Å². The number of pyridine rings is 1. The van der Waals surface area contributed by atoms with Crippen LogP contribution in [0, 0.1) is 31.3 Å². The zero-order valence-electron chi connectivity index (χ0n) is 24.2. The van der Waals surface area contributed by atoms with Crippen LogP contribution in [0.4, 0.5) is 18.9 Å². The molecular weight excluding hydrogens is 533 g/mol. The van der Waals surface area contributed by atoms with Crippen molar-refractivity contribution in [3.05, 3.63) is 82.7 Å². The number of hydrogen-bond donors (Lipinski definition) is 1. The summed E-state index contributed by atoms with van der Waals surface area (Å²) in [6, 6.07) is 8.67. The first-order valence-electron chi connectivity index (χ1n) is 13.3. The fourth-order valence-electron chi connectivity index (χ4n) is 5.15. The van der Waals surface area contributed by atoms with Crippen molar-refractivity contribution >= 4 is 28.0 Å². The Hall–Kier alpha value is -4.31. The van der Waals surface area contributed by atoms with Gasteiger partial charge in [-0.05, 0) is 43.7 Å². The van der Waals surface area contributed by atoms with Gasteiger partial charge in [-0.15, -0.1) is 0 Å². The zero-order valence-corrected chi connectivity index (χ0v) is 24.2. The van der Waals surface area contributed by atoms with E-state index < -0.39 is 23.2 Å². The number of aromatic nitrogens is 3. The minimum Gasteiger partial charge on any atom is -0.496 e. The third kappa shape index (κ3) is 5.04. The van der Waals surface area contributed by atoms with Gasteiger partial charge in [0.15, 0.2) is 17.5 Å². The molecule has 0 bridgehead atoms. The van der Waals surface area contributed by atoms with Gasteiger partial charge in [-0.25, -0.2) is 18.2 Å². The molecule has 3 aromatic heterocycles. The maximum absolute atomic E-state index is 13.9. The second-order valence-electron chi connectivity index (χ2n) is 9.19. The highest BCUT2D eigenvalue weighted by Gasteiger charge is 2.25. The van der Waals surface area contributed by atoms with Crippen LogP contribution in [0.1, 0.15) is 41.3 Å². The van der Waals surface area contributed by atoms with Gasteiger partial charge in [0.25, 0.3) is 0 Å². The van der Waals surface area contributed by atoms with E-state index in [-0.39, 0.29) is 11.3 Å². The first-order valence-corrected chi connectivity index (χ1v) is 13.3. The standard InChI is InChI=1S/C29H27F3N4O3.C2H6/c1-15-11-22(29(37)17-12-19(30)25(32)20(31)13-17)36-8-6-7-18(28(15)36)24-23(39-5)14-21-26(27(24)33-3)34-16(2)35(21)9-10-38-4;1-2/h6-8,11-14,33H,9-10H2,1-5H3;1-2H3. The smallest absolute Gasteiger partial charge is 0.209 e. The topological polar surface area (TPSA) is 69.8 Å². The van der Waals surface area contributed by atoms with Crippen LogP contribution in [0.3, 0.4) is 0 Å². The van der Waals surface area contributed by atoms with Crippen molar-refractivity contribution in [3.8, 4) is 16.9 Å². The van der Waals surface area contributed by atoms with E-state index in [0.717, 1.165) is 39.2 Å². The van der Waals surface area contributed by atoms with Gasteiger partial charge in [0.2, 0.25) is 5.78 Å². The molecule has 0 amide bonds. The minimum absolute atomic E-state index is 0.181. The molecule has 0 unspecified atom stereocenters. The van der Waals surface area contributed by atoms with E-state index in [2.05, 4.69) is 9.88 Å². The fourth-order valence-corrected chi connectivity index (χ4v) is 5.15. The lowest BCUT2D eigenvalue weighted by atomic mass is 9.99. The van der Waals surface area contributed by atoms with Crippen LogP contribution >= 0.6 is 0 Å². The Bertz CT molecular complexity index is 1730. The summed E-state index contributed by atoms with van der Waals surface area (Å²) in [4.78, 5) is 18.2. The molecule has 0 atom stereocenters. The first-order chi connectivity index (χ1) is 19.7. The molecule has 41 heavy (non-hydrogen) atoms. The van der Waals surface area contributed by atoms with E-state index in [1.807, 2.05) is 39.8 Å². The van der Waals surface area contributed by atoms with Gasteiger partial charge in [0.1, 0.15) is 17.1 Å². The number of nitrogens with zero attached hydrogens (tertiary/aromatic N) is 3. The number of methoxy groups -OCH3 is 2. The van der Waals surface area contributed by atoms with Crippen LogP contribution in [-0.4, -0.2) is 47.6 Å². The number of hydrogen-bond acceptors (Lipinski definition) is 5. The molecule has 0 saturated carbocycles. The van der Waals surface area contributed by atoms with Gasteiger partial charge < -0.3 is 23.8 Å². The van der Waals surface area contributed by atoms with E-state index in [0.29, 0.717) is 36.6 Å². The highest BCUT2D eigenvalue weighted by atomic mass is 19.2. The van der Waals surface area contributed by atoms with Crippen LogP contribution in [0.15, 0.2) is 42.6 Å². The monoisotopic (exact) mass is 566 g/mol. The van der Waals surface area contributed by atoms with Gasteiger partial charge in [-0.2, -0.15) is 0 Å². The second kappa shape index (κ2) is 12.1. The Morgan fingerprint density at radius 3 is 2.34 bits per heavy atom. The molecule has 0 aliphatic rings. The van der Waals surface area contributed by atoms with Crippen molar-refractivity contribution in [2.75, 3.05) is 33.2 Å². The number of ketones is 1. The second-order valence-corrected chi connectivity index (χ2v) is 9.19. The van der Waals surface area contributed by atoms with E-state index in [1.54, 1.807) is 44.0 Å². The number of anilines is 1. The van der Waals surface area contributed by atoms with Crippen LogP contribution in [0.25, 0.3) is 27.7 Å². The molecule has 7 nitrogen and oxygen atoms in total. The lowest BCUT2D eigenvalue weighted by Crippen LogP contribution is -2.08. The summed E-state index contributed by atoms with van der Waals surface area (Å²) in [6.07, 6.45) is 1.70. The SMILES string of the molecule is CC.CNc1c(-c2cccn3c(C(=O)c4cc(F)c(F)c(F)c4)cc(C)c23)c(OC)cc2c1nc(C)n2CCOC. The molecule has 0 spiro atoms. The molecule has 1 N–H and O–H groups in total. The van der Waals surface area contributed by atoms with Crippen LogP contribution in [-0.2, 0) is 11.3 Å².